The number of carbonyl (C=O) groups is 1. The summed E-state index contributed by atoms with van der Waals surface area (Å²) in [6, 6.07) is 3.42. The molecule has 1 spiro atoms. The van der Waals surface area contributed by atoms with Crippen LogP contribution >= 0.6 is 11.3 Å². The minimum atomic E-state index is -3.37. The molecule has 1 aliphatic carbocycles. The SMILES string of the molecule is O=C(C1CC12CCN(S(=O)(=O)c1cccs1)C2)N1CCCC1. The van der Waals surface area contributed by atoms with E-state index in [4.69, 9.17) is 0 Å². The Hall–Kier alpha value is -0.920. The first-order valence-electron chi connectivity index (χ1n) is 7.85. The smallest absolute Gasteiger partial charge is 0.252 e. The molecule has 5 nitrogen and oxygen atoms in total. The highest BCUT2D eigenvalue weighted by molar-refractivity contribution is 7.91. The molecule has 1 amide bonds. The first-order valence-corrected chi connectivity index (χ1v) is 10.2. The Bertz CT molecular complexity index is 680. The number of sulfonamides is 1. The van der Waals surface area contributed by atoms with Crippen LogP contribution in [0.25, 0.3) is 0 Å². The highest BCUT2D eigenvalue weighted by atomic mass is 32.2. The van der Waals surface area contributed by atoms with Crippen molar-refractivity contribution in [3.05, 3.63) is 17.5 Å². The van der Waals surface area contributed by atoms with Crippen LogP contribution in [0.3, 0.4) is 0 Å². The van der Waals surface area contributed by atoms with Crippen molar-refractivity contribution in [3.63, 3.8) is 0 Å². The van der Waals surface area contributed by atoms with E-state index < -0.39 is 10.0 Å². The molecule has 0 N–H and O–H groups in total. The summed E-state index contributed by atoms with van der Waals surface area (Å²) in [6.45, 7) is 2.81. The van der Waals surface area contributed by atoms with Gasteiger partial charge in [0.05, 0.1) is 0 Å². The van der Waals surface area contributed by atoms with Gasteiger partial charge in [-0.2, -0.15) is 4.31 Å². The lowest BCUT2D eigenvalue weighted by atomic mass is 10.0. The number of nitrogens with zero attached hydrogens (tertiary/aromatic N) is 2. The largest absolute Gasteiger partial charge is 0.342 e. The molecule has 0 aromatic carbocycles. The minimum Gasteiger partial charge on any atom is -0.342 e. The maximum Gasteiger partial charge on any atom is 0.252 e. The maximum atomic E-state index is 12.6. The van der Waals surface area contributed by atoms with Gasteiger partial charge >= 0.3 is 0 Å². The van der Waals surface area contributed by atoms with Crippen molar-refractivity contribution in [2.24, 2.45) is 11.3 Å². The fourth-order valence-electron chi connectivity index (χ4n) is 3.91. The molecule has 22 heavy (non-hydrogen) atoms. The quantitative estimate of drug-likeness (QED) is 0.843. The maximum absolute atomic E-state index is 12.6. The first-order chi connectivity index (χ1) is 10.5. The van der Waals surface area contributed by atoms with Gasteiger partial charge < -0.3 is 4.90 Å². The van der Waals surface area contributed by atoms with Gasteiger partial charge in [-0.1, -0.05) is 6.07 Å². The molecule has 0 bridgehead atoms. The average molecular weight is 340 g/mol. The van der Waals surface area contributed by atoms with Crippen LogP contribution in [0.5, 0.6) is 0 Å². The van der Waals surface area contributed by atoms with Crippen molar-refractivity contribution in [2.75, 3.05) is 26.2 Å². The van der Waals surface area contributed by atoms with Crippen molar-refractivity contribution in [1.29, 1.82) is 0 Å². The number of amides is 1. The van der Waals surface area contributed by atoms with Gasteiger partial charge in [0.1, 0.15) is 4.21 Å². The summed E-state index contributed by atoms with van der Waals surface area (Å²) in [7, 11) is -3.37. The summed E-state index contributed by atoms with van der Waals surface area (Å²) in [5.41, 5.74) is -0.0794. The standard InChI is InChI=1S/C15H20N2O3S2/c18-14(16-6-1-2-7-16)12-10-15(12)5-8-17(11-15)22(19,20)13-4-3-9-21-13/h3-4,9,12H,1-2,5-8,10-11H2. The van der Waals surface area contributed by atoms with Gasteiger partial charge in [0.2, 0.25) is 5.91 Å². The molecule has 2 saturated heterocycles. The van der Waals surface area contributed by atoms with Crippen LogP contribution < -0.4 is 0 Å². The van der Waals surface area contributed by atoms with Crippen molar-refractivity contribution < 1.29 is 13.2 Å². The Morgan fingerprint density at radius 2 is 2.05 bits per heavy atom. The second-order valence-electron chi connectivity index (χ2n) is 6.67. The van der Waals surface area contributed by atoms with Crippen LogP contribution in [-0.4, -0.2) is 49.7 Å². The summed E-state index contributed by atoms with van der Waals surface area (Å²) < 4.78 is 27.2. The highest BCUT2D eigenvalue weighted by Gasteiger charge is 2.63. The second kappa shape index (κ2) is 5.04. The Balaban J connectivity index is 1.46. The predicted molar refractivity (Wildman–Crippen MR) is 84.0 cm³/mol. The molecule has 1 aromatic rings. The van der Waals surface area contributed by atoms with E-state index in [1.165, 1.54) is 11.3 Å². The zero-order chi connectivity index (χ0) is 15.4. The molecule has 3 fully saturated rings. The normalized spacial score (nSPS) is 32.0. The van der Waals surface area contributed by atoms with Gasteiger partial charge in [-0.15, -0.1) is 11.3 Å². The topological polar surface area (TPSA) is 57.7 Å². The zero-order valence-electron chi connectivity index (χ0n) is 12.4. The first kappa shape index (κ1) is 14.7. The molecule has 3 heterocycles. The van der Waals surface area contributed by atoms with Crippen molar-refractivity contribution in [2.45, 2.75) is 29.9 Å². The lowest BCUT2D eigenvalue weighted by Gasteiger charge is -2.18. The lowest BCUT2D eigenvalue weighted by Crippen LogP contribution is -2.32. The van der Waals surface area contributed by atoms with Crippen molar-refractivity contribution >= 4 is 27.3 Å². The number of carbonyl (C=O) groups excluding carboxylic acids is 1. The molecular weight excluding hydrogens is 320 g/mol. The Kier molecular flexibility index (Phi) is 3.36. The van der Waals surface area contributed by atoms with Gasteiger partial charge in [-0.05, 0) is 42.5 Å². The van der Waals surface area contributed by atoms with E-state index in [0.29, 0.717) is 17.3 Å². The molecule has 2 unspecified atom stereocenters. The molecule has 0 radical (unpaired) electrons. The van der Waals surface area contributed by atoms with Gasteiger partial charge in [0.25, 0.3) is 10.0 Å². The molecule has 120 valence electrons. The van der Waals surface area contributed by atoms with Crippen LogP contribution in [-0.2, 0) is 14.8 Å². The van der Waals surface area contributed by atoms with Gasteiger partial charge in [-0.3, -0.25) is 4.79 Å². The third kappa shape index (κ3) is 2.21. The van der Waals surface area contributed by atoms with Gasteiger partial charge in [0.15, 0.2) is 0 Å². The monoisotopic (exact) mass is 340 g/mol. The van der Waals surface area contributed by atoms with Crippen molar-refractivity contribution in [1.82, 2.24) is 9.21 Å². The summed E-state index contributed by atoms with van der Waals surface area (Å²) in [4.78, 5) is 14.5. The Morgan fingerprint density at radius 3 is 2.73 bits per heavy atom. The summed E-state index contributed by atoms with van der Waals surface area (Å²) in [5, 5.41) is 1.79. The summed E-state index contributed by atoms with van der Waals surface area (Å²) in [6.07, 6.45) is 3.88. The third-order valence-corrected chi connectivity index (χ3v) is 8.56. The van der Waals surface area contributed by atoms with E-state index in [1.807, 2.05) is 4.90 Å². The van der Waals surface area contributed by atoms with Crippen LogP contribution in [0.1, 0.15) is 25.7 Å². The van der Waals surface area contributed by atoms with E-state index in [2.05, 4.69) is 0 Å². The predicted octanol–water partition coefficient (Wildman–Crippen LogP) is 1.77. The molecule has 3 aliphatic rings. The summed E-state index contributed by atoms with van der Waals surface area (Å²) in [5.74, 6) is 0.307. The molecule has 1 saturated carbocycles. The molecule has 4 rings (SSSR count). The zero-order valence-corrected chi connectivity index (χ0v) is 14.0. The number of rotatable bonds is 3. The Labute approximate surface area is 135 Å². The Morgan fingerprint density at radius 1 is 1.27 bits per heavy atom. The lowest BCUT2D eigenvalue weighted by molar-refractivity contribution is -0.132. The number of hydrogen-bond donors (Lipinski definition) is 0. The second-order valence-corrected chi connectivity index (χ2v) is 9.78. The minimum absolute atomic E-state index is 0.0501. The van der Waals surface area contributed by atoms with Crippen LogP contribution in [0.2, 0.25) is 0 Å². The third-order valence-electron chi connectivity index (χ3n) is 5.35. The number of hydrogen-bond acceptors (Lipinski definition) is 4. The van der Waals surface area contributed by atoms with Crippen LogP contribution in [0.4, 0.5) is 0 Å². The molecule has 2 atom stereocenters. The van der Waals surface area contributed by atoms with Gasteiger partial charge in [0, 0.05) is 32.1 Å². The highest BCUT2D eigenvalue weighted by Crippen LogP contribution is 2.59. The van der Waals surface area contributed by atoms with E-state index in [0.717, 1.165) is 38.8 Å². The number of thiophene rings is 1. The van der Waals surface area contributed by atoms with Crippen molar-refractivity contribution in [3.8, 4) is 0 Å². The van der Waals surface area contributed by atoms with Gasteiger partial charge in [-0.25, -0.2) is 8.42 Å². The fourth-order valence-corrected chi connectivity index (χ4v) is 6.59. The molecule has 7 heteroatoms. The van der Waals surface area contributed by atoms with E-state index in [-0.39, 0.29) is 17.2 Å². The van der Waals surface area contributed by atoms with E-state index in [9.17, 15) is 13.2 Å². The summed E-state index contributed by atoms with van der Waals surface area (Å²) >= 11 is 1.26. The molecule has 2 aliphatic heterocycles. The molecule has 1 aromatic heterocycles. The van der Waals surface area contributed by atoms with E-state index >= 15 is 0 Å². The average Bonchev–Trinajstić information content (AvgIpc) is 3.03. The van der Waals surface area contributed by atoms with Crippen LogP contribution in [0, 0.1) is 11.3 Å². The fraction of sp³-hybridized carbons (Fsp3) is 0.667. The molecular formula is C15H20N2O3S2. The van der Waals surface area contributed by atoms with Crippen LogP contribution in [0.15, 0.2) is 21.7 Å². The number of likely N-dealkylation sites (tertiary alicyclic amines) is 1. The van der Waals surface area contributed by atoms with E-state index in [1.54, 1.807) is 21.8 Å².